The molecule has 0 saturated carbocycles. The normalized spacial score (nSPS) is 28.1. The fourth-order valence-electron chi connectivity index (χ4n) is 5.63. The largest absolute Gasteiger partial charge is 0.483 e. The van der Waals surface area contributed by atoms with E-state index in [0.29, 0.717) is 29.6 Å². The second kappa shape index (κ2) is 9.27. The Morgan fingerprint density at radius 3 is 2.67 bits per heavy atom. The molecule has 0 spiro atoms. The standard InChI is InChI=1S/C22H27N3OS.CH2O2/c1-15-23-19(14-27-15)22(26)24-11-16-10-18(13-24)21-9-5-8-20(25(21)12-16)17-6-3-2-4-7-17;2-1-3/h2-4,6-7,14,16,18,20-21H,5,8-13H2,1H3;1H,(H,2,3)/t16-,18+,20+,21-;/m0./s1. The molecule has 0 radical (unpaired) electrons. The molecule has 2 aromatic rings. The highest BCUT2D eigenvalue weighted by atomic mass is 32.1. The van der Waals surface area contributed by atoms with Gasteiger partial charge in [0, 0.05) is 37.1 Å². The number of nitrogens with zero attached hydrogens (tertiary/aromatic N) is 3. The van der Waals surface area contributed by atoms with E-state index < -0.39 is 0 Å². The third kappa shape index (κ3) is 4.27. The first-order valence-corrected chi connectivity index (χ1v) is 11.6. The van der Waals surface area contributed by atoms with Crippen LogP contribution in [0.25, 0.3) is 0 Å². The summed E-state index contributed by atoms with van der Waals surface area (Å²) in [5.41, 5.74) is 2.10. The lowest BCUT2D eigenvalue weighted by atomic mass is 9.74. The molecule has 4 atom stereocenters. The molecular formula is C23H29N3O3S. The second-order valence-corrected chi connectivity index (χ2v) is 9.61. The third-order valence-corrected chi connectivity index (χ3v) is 7.47. The van der Waals surface area contributed by atoms with Gasteiger partial charge < -0.3 is 10.0 Å². The van der Waals surface area contributed by atoms with Gasteiger partial charge in [-0.05, 0) is 50.0 Å². The van der Waals surface area contributed by atoms with Crippen LogP contribution in [-0.2, 0) is 4.79 Å². The van der Waals surface area contributed by atoms with Gasteiger partial charge in [0.15, 0.2) is 0 Å². The number of rotatable bonds is 2. The van der Waals surface area contributed by atoms with E-state index in [1.165, 1.54) is 31.2 Å². The Kier molecular flexibility index (Phi) is 6.49. The van der Waals surface area contributed by atoms with Crippen LogP contribution in [0.1, 0.15) is 52.8 Å². The van der Waals surface area contributed by atoms with E-state index >= 15 is 0 Å². The number of aromatic nitrogens is 1. The summed E-state index contributed by atoms with van der Waals surface area (Å²) in [5, 5.41) is 9.78. The number of piperidine rings is 3. The molecule has 3 saturated heterocycles. The van der Waals surface area contributed by atoms with Crippen molar-refractivity contribution in [1.82, 2.24) is 14.8 Å². The molecule has 4 heterocycles. The molecule has 5 rings (SSSR count). The molecule has 160 valence electrons. The number of hydrogen-bond acceptors (Lipinski definition) is 5. The fraction of sp³-hybridized carbons (Fsp3) is 0.522. The number of thiazole rings is 1. The Hall–Kier alpha value is -2.25. The van der Waals surface area contributed by atoms with Crippen molar-refractivity contribution in [2.75, 3.05) is 19.6 Å². The van der Waals surface area contributed by atoms with Crippen LogP contribution in [0.15, 0.2) is 35.7 Å². The van der Waals surface area contributed by atoms with Crippen LogP contribution in [0.3, 0.4) is 0 Å². The van der Waals surface area contributed by atoms with Gasteiger partial charge in [0.05, 0.1) is 5.01 Å². The van der Waals surface area contributed by atoms with Gasteiger partial charge in [0.2, 0.25) is 0 Å². The van der Waals surface area contributed by atoms with Crippen molar-refractivity contribution >= 4 is 23.7 Å². The molecule has 3 aliphatic rings. The maximum absolute atomic E-state index is 12.9. The lowest BCUT2D eigenvalue weighted by molar-refractivity contribution is -0.122. The summed E-state index contributed by atoms with van der Waals surface area (Å²) >= 11 is 1.57. The Morgan fingerprint density at radius 1 is 1.20 bits per heavy atom. The smallest absolute Gasteiger partial charge is 0.290 e. The molecule has 0 aliphatic carbocycles. The monoisotopic (exact) mass is 427 g/mol. The minimum atomic E-state index is -0.250. The first-order chi connectivity index (χ1) is 14.6. The SMILES string of the molecule is Cc1nc(C(=O)N2C[C@@H]3C[C@H](C2)[C@@H]2CCC[C@H](c4ccccc4)N2C3)cs1.O=CO. The predicted octanol–water partition coefficient (Wildman–Crippen LogP) is 3.84. The van der Waals surface area contributed by atoms with Gasteiger partial charge in [-0.1, -0.05) is 30.3 Å². The lowest BCUT2D eigenvalue weighted by Gasteiger charge is -2.55. The van der Waals surface area contributed by atoms with E-state index in [1.807, 2.05) is 12.3 Å². The topological polar surface area (TPSA) is 73.7 Å². The third-order valence-electron chi connectivity index (χ3n) is 6.70. The van der Waals surface area contributed by atoms with Gasteiger partial charge in [-0.15, -0.1) is 11.3 Å². The first kappa shape index (κ1) is 21.0. The van der Waals surface area contributed by atoms with E-state index in [0.717, 1.165) is 24.6 Å². The molecule has 1 aromatic heterocycles. The second-order valence-electron chi connectivity index (χ2n) is 8.55. The molecule has 2 bridgehead atoms. The fourth-order valence-corrected chi connectivity index (χ4v) is 6.22. The molecule has 3 aliphatic heterocycles. The van der Waals surface area contributed by atoms with Gasteiger partial charge in [0.25, 0.3) is 12.4 Å². The van der Waals surface area contributed by atoms with E-state index in [9.17, 15) is 4.79 Å². The molecule has 1 N–H and O–H groups in total. The summed E-state index contributed by atoms with van der Waals surface area (Å²) in [6.45, 7) is 4.63. The zero-order valence-corrected chi connectivity index (χ0v) is 18.1. The van der Waals surface area contributed by atoms with Crippen LogP contribution in [-0.4, -0.2) is 57.9 Å². The Balaban J connectivity index is 0.000000687. The highest BCUT2D eigenvalue weighted by Crippen LogP contribution is 2.44. The summed E-state index contributed by atoms with van der Waals surface area (Å²) in [4.78, 5) is 30.6. The average molecular weight is 428 g/mol. The molecule has 1 aromatic carbocycles. The highest BCUT2D eigenvalue weighted by Gasteiger charge is 2.45. The average Bonchev–Trinajstić information content (AvgIpc) is 3.20. The van der Waals surface area contributed by atoms with E-state index in [1.54, 1.807) is 11.3 Å². The predicted molar refractivity (Wildman–Crippen MR) is 117 cm³/mol. The minimum absolute atomic E-state index is 0.137. The van der Waals surface area contributed by atoms with Gasteiger partial charge >= 0.3 is 0 Å². The summed E-state index contributed by atoms with van der Waals surface area (Å²) in [5.74, 6) is 1.33. The van der Waals surface area contributed by atoms with E-state index in [-0.39, 0.29) is 12.4 Å². The van der Waals surface area contributed by atoms with Crippen molar-refractivity contribution in [3.8, 4) is 0 Å². The van der Waals surface area contributed by atoms with E-state index in [4.69, 9.17) is 9.90 Å². The Labute approximate surface area is 181 Å². The summed E-state index contributed by atoms with van der Waals surface area (Å²) in [6.07, 6.45) is 5.11. The minimum Gasteiger partial charge on any atom is -0.483 e. The molecular weight excluding hydrogens is 398 g/mol. The molecule has 3 fully saturated rings. The Morgan fingerprint density at radius 2 is 1.97 bits per heavy atom. The lowest BCUT2D eigenvalue weighted by Crippen LogP contribution is -2.60. The van der Waals surface area contributed by atoms with Crippen molar-refractivity contribution in [3.63, 3.8) is 0 Å². The van der Waals surface area contributed by atoms with Crippen LogP contribution in [0.5, 0.6) is 0 Å². The summed E-state index contributed by atoms with van der Waals surface area (Å²) in [6, 6.07) is 12.2. The van der Waals surface area contributed by atoms with Crippen molar-refractivity contribution in [2.45, 2.75) is 44.7 Å². The maximum atomic E-state index is 12.9. The number of likely N-dealkylation sites (tertiary alicyclic amines) is 1. The highest BCUT2D eigenvalue weighted by molar-refractivity contribution is 7.09. The number of carboxylic acid groups (broad SMARTS) is 1. The number of benzene rings is 1. The quantitative estimate of drug-likeness (QED) is 0.737. The van der Waals surface area contributed by atoms with Gasteiger partial charge in [-0.25, -0.2) is 4.98 Å². The van der Waals surface area contributed by atoms with Gasteiger partial charge in [0.1, 0.15) is 5.69 Å². The molecule has 7 heteroatoms. The number of aryl methyl sites for hydroxylation is 1. The van der Waals surface area contributed by atoms with Crippen LogP contribution >= 0.6 is 11.3 Å². The van der Waals surface area contributed by atoms with Crippen LogP contribution in [0.4, 0.5) is 0 Å². The summed E-state index contributed by atoms with van der Waals surface area (Å²) < 4.78 is 0. The summed E-state index contributed by atoms with van der Waals surface area (Å²) in [7, 11) is 0. The molecule has 0 unspecified atom stereocenters. The zero-order valence-electron chi connectivity index (χ0n) is 17.3. The number of carbonyl (C=O) groups is 2. The van der Waals surface area contributed by atoms with Gasteiger partial charge in [-0.2, -0.15) is 0 Å². The van der Waals surface area contributed by atoms with Crippen LogP contribution < -0.4 is 0 Å². The molecule has 1 amide bonds. The number of hydrogen-bond donors (Lipinski definition) is 1. The molecule has 30 heavy (non-hydrogen) atoms. The number of fused-ring (bicyclic) bond motifs is 4. The van der Waals surface area contributed by atoms with E-state index in [2.05, 4.69) is 45.1 Å². The molecule has 6 nitrogen and oxygen atoms in total. The number of carbonyl (C=O) groups excluding carboxylic acids is 1. The van der Waals surface area contributed by atoms with Gasteiger partial charge in [-0.3, -0.25) is 14.5 Å². The van der Waals surface area contributed by atoms with Crippen molar-refractivity contribution in [2.24, 2.45) is 11.8 Å². The van der Waals surface area contributed by atoms with Crippen LogP contribution in [0.2, 0.25) is 0 Å². The van der Waals surface area contributed by atoms with Crippen molar-refractivity contribution < 1.29 is 14.7 Å². The zero-order chi connectivity index (χ0) is 21.1. The van der Waals surface area contributed by atoms with Crippen LogP contribution in [0, 0.1) is 18.8 Å². The van der Waals surface area contributed by atoms with Crippen molar-refractivity contribution in [3.05, 3.63) is 52.0 Å². The number of amides is 1. The Bertz CT molecular complexity index is 872. The van der Waals surface area contributed by atoms with Crippen molar-refractivity contribution in [1.29, 1.82) is 0 Å². The first-order valence-electron chi connectivity index (χ1n) is 10.7. The maximum Gasteiger partial charge on any atom is 0.290 e.